The van der Waals surface area contributed by atoms with Gasteiger partial charge in [-0.3, -0.25) is 0 Å². The van der Waals surface area contributed by atoms with Gasteiger partial charge in [-0.2, -0.15) is 0 Å². The van der Waals surface area contributed by atoms with E-state index in [1.165, 1.54) is 60.1 Å². The number of furan rings is 1. The van der Waals surface area contributed by atoms with Gasteiger partial charge in [0.05, 0.1) is 5.52 Å². The standard InChI is InChI=1S/C57H34N4O/c1-4-13-34(14-5-1)37-19-10-20-40(31-37)41-28-29-44-42-27-25-38(32-46(42)43-21-11-23-48-52(43)53(44)54(41)58-48)39-26-30-49-47(33-39)51-45(22-12-24-50(51)62-49)57-60-55(35-15-6-2-7-16-35)59-56(61-57)36-17-8-3-9-18-36/h1-33,58H. The lowest BCUT2D eigenvalue weighted by molar-refractivity contribution is 0.669. The minimum atomic E-state index is 0.599. The summed E-state index contributed by atoms with van der Waals surface area (Å²) in [6.07, 6.45) is 0. The maximum Gasteiger partial charge on any atom is 0.164 e. The van der Waals surface area contributed by atoms with E-state index in [1.807, 2.05) is 72.8 Å². The highest BCUT2D eigenvalue weighted by Gasteiger charge is 2.21. The molecule has 288 valence electrons. The lowest BCUT2D eigenvalue weighted by Gasteiger charge is -2.13. The summed E-state index contributed by atoms with van der Waals surface area (Å²) in [7, 11) is 0. The first-order valence-corrected chi connectivity index (χ1v) is 20.9. The molecule has 13 aromatic rings. The summed E-state index contributed by atoms with van der Waals surface area (Å²) in [5.41, 5.74) is 13.7. The zero-order valence-electron chi connectivity index (χ0n) is 33.3. The van der Waals surface area contributed by atoms with Gasteiger partial charge in [0.2, 0.25) is 0 Å². The van der Waals surface area contributed by atoms with Crippen LogP contribution < -0.4 is 0 Å². The number of rotatable bonds is 6. The first-order valence-electron chi connectivity index (χ1n) is 20.9. The van der Waals surface area contributed by atoms with Gasteiger partial charge in [0.15, 0.2) is 17.5 Å². The van der Waals surface area contributed by atoms with Crippen molar-refractivity contribution in [2.45, 2.75) is 0 Å². The molecule has 0 aliphatic rings. The number of hydrogen-bond donors (Lipinski definition) is 1. The van der Waals surface area contributed by atoms with Gasteiger partial charge in [0.25, 0.3) is 0 Å². The van der Waals surface area contributed by atoms with Gasteiger partial charge in [-0.25, -0.2) is 15.0 Å². The Bertz CT molecular complexity index is 3790. The highest BCUT2D eigenvalue weighted by Crippen LogP contribution is 2.46. The van der Waals surface area contributed by atoms with Crippen molar-refractivity contribution < 1.29 is 4.42 Å². The minimum absolute atomic E-state index is 0.599. The van der Waals surface area contributed by atoms with Crippen molar-refractivity contribution in [1.82, 2.24) is 19.9 Å². The molecule has 5 nitrogen and oxygen atoms in total. The van der Waals surface area contributed by atoms with Crippen molar-refractivity contribution in [2.24, 2.45) is 0 Å². The van der Waals surface area contributed by atoms with E-state index in [0.717, 1.165) is 55.3 Å². The summed E-state index contributed by atoms with van der Waals surface area (Å²) in [4.78, 5) is 19.0. The molecule has 5 heteroatoms. The quantitative estimate of drug-likeness (QED) is 0.170. The van der Waals surface area contributed by atoms with Gasteiger partial charge < -0.3 is 9.40 Å². The van der Waals surface area contributed by atoms with Crippen LogP contribution in [0.25, 0.3) is 133 Å². The SMILES string of the molecule is c1ccc(-c2cccc(-c3ccc4c5ccc(-c6ccc7oc8cccc(-c9nc(-c%10ccccc%10)nc(-c%10ccccc%10)n9)c8c7c6)cc5c5cccc6[nH]c3c4c65)c2)cc1. The average Bonchev–Trinajstić information content (AvgIpc) is 3.93. The number of aromatic nitrogens is 4. The molecule has 0 atom stereocenters. The number of fused-ring (bicyclic) bond motifs is 6. The molecule has 13 rings (SSSR count). The molecule has 3 aromatic heterocycles. The molecule has 0 bridgehead atoms. The molecule has 0 aliphatic heterocycles. The fourth-order valence-electron chi connectivity index (χ4n) is 9.54. The lowest BCUT2D eigenvalue weighted by Crippen LogP contribution is -2.00. The first-order chi connectivity index (χ1) is 30.7. The summed E-state index contributed by atoms with van der Waals surface area (Å²) in [6, 6.07) is 70.4. The van der Waals surface area contributed by atoms with Crippen LogP contribution in [0.3, 0.4) is 0 Å². The van der Waals surface area contributed by atoms with Crippen molar-refractivity contribution in [1.29, 1.82) is 0 Å². The van der Waals surface area contributed by atoms with Crippen LogP contribution in [0, 0.1) is 0 Å². The summed E-state index contributed by atoms with van der Waals surface area (Å²) in [5.74, 6) is 1.85. The fourth-order valence-corrected chi connectivity index (χ4v) is 9.54. The zero-order chi connectivity index (χ0) is 40.7. The fraction of sp³-hybridized carbons (Fsp3) is 0. The zero-order valence-corrected chi connectivity index (χ0v) is 33.3. The van der Waals surface area contributed by atoms with Crippen LogP contribution in [-0.4, -0.2) is 19.9 Å². The first kappa shape index (κ1) is 34.5. The molecule has 0 amide bonds. The highest BCUT2D eigenvalue weighted by molar-refractivity contribution is 6.35. The van der Waals surface area contributed by atoms with E-state index in [4.69, 9.17) is 19.4 Å². The molecular formula is C57H34N4O. The van der Waals surface area contributed by atoms with Crippen LogP contribution in [0.2, 0.25) is 0 Å². The van der Waals surface area contributed by atoms with E-state index in [9.17, 15) is 0 Å². The Balaban J connectivity index is 0.965. The number of benzene rings is 10. The van der Waals surface area contributed by atoms with Gasteiger partial charge in [0, 0.05) is 49.3 Å². The molecule has 0 spiro atoms. The van der Waals surface area contributed by atoms with Crippen LogP contribution in [0.1, 0.15) is 0 Å². The molecule has 62 heavy (non-hydrogen) atoms. The molecule has 0 radical (unpaired) electrons. The highest BCUT2D eigenvalue weighted by atomic mass is 16.3. The second-order valence-corrected chi connectivity index (χ2v) is 16.0. The Hall–Kier alpha value is -8.41. The summed E-state index contributed by atoms with van der Waals surface area (Å²) in [6.45, 7) is 0. The Morgan fingerprint density at radius 1 is 0.306 bits per heavy atom. The van der Waals surface area contributed by atoms with E-state index < -0.39 is 0 Å². The van der Waals surface area contributed by atoms with Crippen molar-refractivity contribution in [2.75, 3.05) is 0 Å². The van der Waals surface area contributed by atoms with E-state index in [-0.39, 0.29) is 0 Å². The largest absolute Gasteiger partial charge is 0.456 e. The third-order valence-corrected chi connectivity index (χ3v) is 12.4. The summed E-state index contributed by atoms with van der Waals surface area (Å²) < 4.78 is 6.52. The van der Waals surface area contributed by atoms with E-state index in [1.54, 1.807) is 0 Å². The molecular weight excluding hydrogens is 757 g/mol. The van der Waals surface area contributed by atoms with Crippen LogP contribution in [-0.2, 0) is 0 Å². The molecule has 0 saturated carbocycles. The smallest absolute Gasteiger partial charge is 0.164 e. The molecule has 1 N–H and O–H groups in total. The van der Waals surface area contributed by atoms with Gasteiger partial charge in [-0.05, 0) is 85.8 Å². The van der Waals surface area contributed by atoms with Crippen molar-refractivity contribution in [3.63, 3.8) is 0 Å². The topological polar surface area (TPSA) is 67.6 Å². The van der Waals surface area contributed by atoms with Crippen molar-refractivity contribution in [3.05, 3.63) is 200 Å². The Kier molecular flexibility index (Phi) is 7.54. The van der Waals surface area contributed by atoms with E-state index >= 15 is 0 Å². The van der Waals surface area contributed by atoms with E-state index in [2.05, 4.69) is 132 Å². The predicted octanol–water partition coefficient (Wildman–Crippen LogP) is 15.2. The van der Waals surface area contributed by atoms with Gasteiger partial charge in [0.1, 0.15) is 11.2 Å². The lowest BCUT2D eigenvalue weighted by atomic mass is 9.90. The number of aromatic amines is 1. The predicted molar refractivity (Wildman–Crippen MR) is 255 cm³/mol. The number of hydrogen-bond acceptors (Lipinski definition) is 4. The molecule has 0 fully saturated rings. The van der Waals surface area contributed by atoms with Gasteiger partial charge in [-0.1, -0.05) is 164 Å². The normalized spacial score (nSPS) is 11.9. The average molecular weight is 791 g/mol. The van der Waals surface area contributed by atoms with Crippen molar-refractivity contribution >= 4 is 65.3 Å². The van der Waals surface area contributed by atoms with Crippen LogP contribution in [0.15, 0.2) is 205 Å². The minimum Gasteiger partial charge on any atom is -0.456 e. The monoisotopic (exact) mass is 790 g/mol. The summed E-state index contributed by atoms with van der Waals surface area (Å²) in [5, 5.41) is 9.49. The van der Waals surface area contributed by atoms with Gasteiger partial charge >= 0.3 is 0 Å². The Morgan fingerprint density at radius 3 is 1.65 bits per heavy atom. The van der Waals surface area contributed by atoms with E-state index in [0.29, 0.717) is 17.5 Å². The van der Waals surface area contributed by atoms with Crippen LogP contribution in [0.5, 0.6) is 0 Å². The third kappa shape index (κ3) is 5.38. The van der Waals surface area contributed by atoms with Crippen LogP contribution in [0.4, 0.5) is 0 Å². The second-order valence-electron chi connectivity index (χ2n) is 16.0. The number of nitrogens with one attached hydrogen (secondary N) is 1. The maximum atomic E-state index is 6.52. The van der Waals surface area contributed by atoms with Gasteiger partial charge in [-0.15, -0.1) is 0 Å². The maximum absolute atomic E-state index is 6.52. The molecule has 0 unspecified atom stereocenters. The number of H-pyrrole nitrogens is 1. The van der Waals surface area contributed by atoms with Crippen LogP contribution >= 0.6 is 0 Å². The Morgan fingerprint density at radius 2 is 0.887 bits per heavy atom. The summed E-state index contributed by atoms with van der Waals surface area (Å²) >= 11 is 0. The molecule has 3 heterocycles. The Labute approximate surface area is 356 Å². The van der Waals surface area contributed by atoms with Crippen molar-refractivity contribution in [3.8, 4) is 67.5 Å². The third-order valence-electron chi connectivity index (χ3n) is 12.4. The molecule has 0 saturated heterocycles. The molecule has 0 aliphatic carbocycles. The second kappa shape index (κ2) is 13.6. The molecule has 10 aromatic carbocycles. The number of nitrogens with zero attached hydrogens (tertiary/aromatic N) is 3.